The number of ether oxygens (including phenoxy) is 2. The lowest BCUT2D eigenvalue weighted by Crippen LogP contribution is -2.57. The fourth-order valence-corrected chi connectivity index (χ4v) is 5.85. The van der Waals surface area contributed by atoms with E-state index in [0.29, 0.717) is 38.3 Å². The van der Waals surface area contributed by atoms with Crippen molar-refractivity contribution in [2.75, 3.05) is 45.7 Å². The van der Waals surface area contributed by atoms with E-state index in [4.69, 9.17) is 9.47 Å². The normalized spacial score (nSPS) is 22.5. The van der Waals surface area contributed by atoms with E-state index in [1.807, 2.05) is 4.90 Å². The molecule has 0 aromatic heterocycles. The molecule has 2 aliphatic heterocycles. The van der Waals surface area contributed by atoms with E-state index in [1.54, 1.807) is 19.1 Å². The number of hydrogen-bond acceptors (Lipinski definition) is 9. The van der Waals surface area contributed by atoms with E-state index in [2.05, 4.69) is 22.0 Å². The fourth-order valence-electron chi connectivity index (χ4n) is 5.22. The van der Waals surface area contributed by atoms with Gasteiger partial charge in [-0.25, -0.2) is 8.42 Å². The molecule has 1 aliphatic carbocycles. The van der Waals surface area contributed by atoms with Gasteiger partial charge in [-0.15, -0.1) is 0 Å². The van der Waals surface area contributed by atoms with Gasteiger partial charge in [0.1, 0.15) is 17.7 Å². The Morgan fingerprint density at radius 1 is 0.977 bits per heavy atom. The van der Waals surface area contributed by atoms with Gasteiger partial charge in [0.25, 0.3) is 0 Å². The summed E-state index contributed by atoms with van der Waals surface area (Å²) in [4.78, 5) is 54.9. The number of epoxide rings is 1. The summed E-state index contributed by atoms with van der Waals surface area (Å²) >= 11 is 0. The van der Waals surface area contributed by atoms with Crippen LogP contribution in [0.15, 0.2) is 40.8 Å². The number of Topliss-reactive ketones (excluding diaryl/α,β-unsaturated/α-hetero) is 1. The predicted molar refractivity (Wildman–Crippen MR) is 158 cm³/mol. The van der Waals surface area contributed by atoms with Crippen molar-refractivity contribution in [3.63, 3.8) is 0 Å². The highest BCUT2D eigenvalue weighted by atomic mass is 32.2. The summed E-state index contributed by atoms with van der Waals surface area (Å²) in [6.07, 6.45) is 6.37. The van der Waals surface area contributed by atoms with Crippen LogP contribution in [0.25, 0.3) is 0 Å². The van der Waals surface area contributed by atoms with Crippen molar-refractivity contribution in [2.45, 2.75) is 74.6 Å². The quantitative estimate of drug-likeness (QED) is 0.197. The molecule has 13 heteroatoms. The standard InChI is InChI=1S/C30H42N4O8S/c1-20(31-26(35)18-34-12-14-41-15-13-34)28(37)33-25(17-22-8-10-23(11-9-22)43(3,39)40)29(38)32-24(16-21-6-4-5-7-21)27(36)30(2)19-42-30/h6,8-11,20,24-25H,4-5,7,12-19H2,1-3H3,(H,31,35)(H,32,38)(H,33,37)/t20-,24-,25-,30+/m0/s1. The van der Waals surface area contributed by atoms with Crippen LogP contribution < -0.4 is 16.0 Å². The second-order valence-corrected chi connectivity index (χ2v) is 13.8. The van der Waals surface area contributed by atoms with Crippen molar-refractivity contribution in [1.29, 1.82) is 0 Å². The van der Waals surface area contributed by atoms with Crippen LogP contribution in [0.4, 0.5) is 0 Å². The monoisotopic (exact) mass is 618 g/mol. The van der Waals surface area contributed by atoms with Gasteiger partial charge >= 0.3 is 0 Å². The number of hydrogen-bond donors (Lipinski definition) is 3. The highest BCUT2D eigenvalue weighted by Gasteiger charge is 2.50. The van der Waals surface area contributed by atoms with Crippen LogP contribution in [0.3, 0.4) is 0 Å². The molecule has 4 atom stereocenters. The molecule has 2 heterocycles. The molecule has 0 spiro atoms. The van der Waals surface area contributed by atoms with Crippen LogP contribution in [0.5, 0.6) is 0 Å². The van der Waals surface area contributed by atoms with Crippen LogP contribution in [-0.2, 0) is 44.9 Å². The van der Waals surface area contributed by atoms with Crippen molar-refractivity contribution in [1.82, 2.24) is 20.9 Å². The molecule has 0 radical (unpaired) electrons. The Kier molecular flexibility index (Phi) is 10.8. The second kappa shape index (κ2) is 14.1. The van der Waals surface area contributed by atoms with Crippen molar-refractivity contribution in [2.24, 2.45) is 0 Å². The summed E-state index contributed by atoms with van der Waals surface area (Å²) in [6, 6.07) is 3.19. The molecule has 0 unspecified atom stereocenters. The third kappa shape index (κ3) is 9.43. The van der Waals surface area contributed by atoms with Gasteiger partial charge < -0.3 is 25.4 Å². The van der Waals surface area contributed by atoms with E-state index >= 15 is 0 Å². The number of nitrogens with zero attached hydrogens (tertiary/aromatic N) is 1. The number of sulfone groups is 1. The maximum Gasteiger partial charge on any atom is 0.243 e. The lowest BCUT2D eigenvalue weighted by Gasteiger charge is -2.27. The van der Waals surface area contributed by atoms with Crippen molar-refractivity contribution in [3.05, 3.63) is 41.5 Å². The zero-order valence-electron chi connectivity index (χ0n) is 25.0. The average Bonchev–Trinajstić information content (AvgIpc) is 3.50. The molecule has 0 saturated carbocycles. The summed E-state index contributed by atoms with van der Waals surface area (Å²) in [5.41, 5.74) is 0.753. The molecule has 1 aromatic carbocycles. The van der Waals surface area contributed by atoms with Crippen molar-refractivity contribution in [3.8, 4) is 0 Å². The first-order chi connectivity index (χ1) is 20.3. The first-order valence-corrected chi connectivity index (χ1v) is 16.6. The van der Waals surface area contributed by atoms with Gasteiger partial charge in [-0.1, -0.05) is 23.8 Å². The van der Waals surface area contributed by atoms with E-state index in [0.717, 1.165) is 31.1 Å². The van der Waals surface area contributed by atoms with Gasteiger partial charge in [-0.2, -0.15) is 0 Å². The number of nitrogens with one attached hydrogen (secondary N) is 3. The largest absolute Gasteiger partial charge is 0.379 e. The second-order valence-electron chi connectivity index (χ2n) is 11.8. The summed E-state index contributed by atoms with van der Waals surface area (Å²) < 4.78 is 34.5. The third-order valence-corrected chi connectivity index (χ3v) is 9.13. The van der Waals surface area contributed by atoms with Gasteiger partial charge in [-0.3, -0.25) is 24.1 Å². The summed E-state index contributed by atoms with van der Waals surface area (Å²) in [5.74, 6) is -1.68. The first kappa shape index (κ1) is 32.8. The number of morpholine rings is 1. The Morgan fingerprint density at radius 2 is 1.63 bits per heavy atom. The van der Waals surface area contributed by atoms with Gasteiger partial charge in [0.15, 0.2) is 15.6 Å². The van der Waals surface area contributed by atoms with Crippen LogP contribution in [-0.4, -0.2) is 106 Å². The average molecular weight is 619 g/mol. The lowest BCUT2D eigenvalue weighted by molar-refractivity contribution is -0.134. The van der Waals surface area contributed by atoms with E-state index in [1.165, 1.54) is 19.1 Å². The van der Waals surface area contributed by atoms with E-state index in [-0.39, 0.29) is 36.2 Å². The van der Waals surface area contributed by atoms with Crippen LogP contribution in [0, 0.1) is 0 Å². The van der Waals surface area contributed by atoms with Gasteiger partial charge in [0.2, 0.25) is 17.7 Å². The minimum absolute atomic E-state index is 0.0352. The number of carbonyl (C=O) groups is 4. The lowest BCUT2D eigenvalue weighted by atomic mass is 9.94. The van der Waals surface area contributed by atoms with Crippen LogP contribution in [0.2, 0.25) is 0 Å². The molecule has 4 rings (SSSR count). The summed E-state index contributed by atoms with van der Waals surface area (Å²) in [7, 11) is -3.42. The molecule has 2 saturated heterocycles. The maximum atomic E-state index is 13.7. The predicted octanol–water partition coefficient (Wildman–Crippen LogP) is 0.298. The highest BCUT2D eigenvalue weighted by Crippen LogP contribution is 2.31. The Labute approximate surface area is 252 Å². The Morgan fingerprint density at radius 3 is 2.21 bits per heavy atom. The number of benzene rings is 1. The number of allylic oxidation sites excluding steroid dienone is 1. The SMILES string of the molecule is C[C@H](NC(=O)CN1CCOCC1)C(=O)N[C@@H](Cc1ccc(S(C)(=O)=O)cc1)C(=O)N[C@@H](CC1=CCCC1)C(=O)[C@@]1(C)CO1. The molecule has 1 aromatic rings. The zero-order valence-corrected chi connectivity index (χ0v) is 25.8. The molecule has 3 aliphatic rings. The Bertz CT molecular complexity index is 1330. The van der Waals surface area contributed by atoms with E-state index < -0.39 is 45.4 Å². The van der Waals surface area contributed by atoms with Crippen LogP contribution >= 0.6 is 0 Å². The van der Waals surface area contributed by atoms with Gasteiger partial charge in [-0.05, 0) is 57.2 Å². The van der Waals surface area contributed by atoms with Gasteiger partial charge in [0.05, 0.1) is 37.3 Å². The summed E-state index contributed by atoms with van der Waals surface area (Å²) in [6.45, 7) is 5.96. The Balaban J connectivity index is 1.47. The molecule has 12 nitrogen and oxygen atoms in total. The van der Waals surface area contributed by atoms with E-state index in [9.17, 15) is 27.6 Å². The minimum Gasteiger partial charge on any atom is -0.379 e. The first-order valence-electron chi connectivity index (χ1n) is 14.7. The number of ketones is 1. The fraction of sp³-hybridized carbons (Fsp3) is 0.600. The third-order valence-electron chi connectivity index (χ3n) is 8.00. The molecule has 3 N–H and O–H groups in total. The number of amides is 3. The molecular weight excluding hydrogens is 576 g/mol. The molecule has 236 valence electrons. The Hall–Kier alpha value is -3.13. The van der Waals surface area contributed by atoms with Crippen molar-refractivity contribution >= 4 is 33.3 Å². The number of rotatable bonds is 14. The maximum absolute atomic E-state index is 13.7. The topological polar surface area (TPSA) is 164 Å². The highest BCUT2D eigenvalue weighted by molar-refractivity contribution is 7.90. The zero-order chi connectivity index (χ0) is 31.2. The van der Waals surface area contributed by atoms with Crippen LogP contribution in [0.1, 0.15) is 45.1 Å². The molecular formula is C30H42N4O8S. The molecule has 43 heavy (non-hydrogen) atoms. The summed E-state index contributed by atoms with van der Waals surface area (Å²) in [5, 5.41) is 8.28. The minimum atomic E-state index is -3.42. The van der Waals surface area contributed by atoms with Crippen molar-refractivity contribution < 1.29 is 37.1 Å². The van der Waals surface area contributed by atoms with Gasteiger partial charge in [0, 0.05) is 25.8 Å². The molecule has 3 amide bonds. The molecule has 2 fully saturated rings. The molecule has 0 bridgehead atoms. The number of carbonyl (C=O) groups excluding carboxylic acids is 4. The smallest absolute Gasteiger partial charge is 0.243 e.